The number of anilines is 1. The van der Waals surface area contributed by atoms with E-state index >= 15 is 0 Å². The molecule has 2 aliphatic rings. The lowest BCUT2D eigenvalue weighted by Gasteiger charge is -2.39. The standard InChI is InChI=1S/C37H41FN2O2/c38-31-12-14-33(15-13-31)40-24-21-30-26-35(42-27-29-6-2-1-3-7-29)18-19-36(30)37(40)20-11-28-9-16-34(17-10-28)41-25-22-32-8-4-5-23-39-32/h1-3,6-7,9-10,12-19,26,32,37,39H,4-5,8,11,20-25,27H2. The average molecular weight is 565 g/mol. The van der Waals surface area contributed by atoms with Gasteiger partial charge < -0.3 is 19.7 Å². The SMILES string of the molecule is Fc1ccc(N2CCc3cc(OCc4ccccc4)ccc3C2CCc2ccc(OCCC3CCCCN3)cc2)cc1. The zero-order valence-electron chi connectivity index (χ0n) is 24.3. The van der Waals surface area contributed by atoms with Crippen LogP contribution in [0, 0.1) is 5.82 Å². The van der Waals surface area contributed by atoms with E-state index in [4.69, 9.17) is 9.47 Å². The molecule has 0 aromatic heterocycles. The van der Waals surface area contributed by atoms with Gasteiger partial charge in [0.2, 0.25) is 0 Å². The van der Waals surface area contributed by atoms with Crippen molar-refractivity contribution in [1.29, 1.82) is 0 Å². The maximum Gasteiger partial charge on any atom is 0.123 e. The topological polar surface area (TPSA) is 33.7 Å². The maximum absolute atomic E-state index is 13.8. The fourth-order valence-corrected chi connectivity index (χ4v) is 6.32. The molecule has 0 amide bonds. The summed E-state index contributed by atoms with van der Waals surface area (Å²) in [5, 5.41) is 3.59. The molecule has 4 nitrogen and oxygen atoms in total. The summed E-state index contributed by atoms with van der Waals surface area (Å²) in [6.45, 7) is 3.32. The number of hydrogen-bond acceptors (Lipinski definition) is 4. The Morgan fingerprint density at radius 2 is 1.60 bits per heavy atom. The van der Waals surface area contributed by atoms with Gasteiger partial charge in [0, 0.05) is 18.3 Å². The molecule has 2 aliphatic heterocycles. The van der Waals surface area contributed by atoms with Crippen LogP contribution in [-0.4, -0.2) is 25.7 Å². The van der Waals surface area contributed by atoms with Crippen LogP contribution in [0.5, 0.6) is 11.5 Å². The molecule has 0 radical (unpaired) electrons. The summed E-state index contributed by atoms with van der Waals surface area (Å²) in [6.07, 6.45) is 7.75. The van der Waals surface area contributed by atoms with Gasteiger partial charge in [0.25, 0.3) is 0 Å². The summed E-state index contributed by atoms with van der Waals surface area (Å²) in [5.74, 6) is 1.64. The van der Waals surface area contributed by atoms with Crippen molar-refractivity contribution in [3.63, 3.8) is 0 Å². The maximum atomic E-state index is 13.8. The van der Waals surface area contributed by atoms with Gasteiger partial charge in [-0.05, 0) is 116 Å². The average Bonchev–Trinajstić information content (AvgIpc) is 3.04. The molecule has 0 aliphatic carbocycles. The van der Waals surface area contributed by atoms with Crippen molar-refractivity contribution in [2.75, 3.05) is 24.6 Å². The highest BCUT2D eigenvalue weighted by atomic mass is 19.1. The molecule has 0 bridgehead atoms. The fraction of sp³-hybridized carbons (Fsp3) is 0.351. The second kappa shape index (κ2) is 13.9. The van der Waals surface area contributed by atoms with E-state index in [1.165, 1.54) is 36.0 Å². The second-order valence-corrected chi connectivity index (χ2v) is 11.5. The summed E-state index contributed by atoms with van der Waals surface area (Å²) in [5.41, 5.74) is 6.18. The quantitative estimate of drug-likeness (QED) is 0.200. The molecule has 42 heavy (non-hydrogen) atoms. The number of ether oxygens (including phenoxy) is 2. The lowest BCUT2D eigenvalue weighted by atomic mass is 9.88. The van der Waals surface area contributed by atoms with Crippen LogP contribution in [0.25, 0.3) is 0 Å². The van der Waals surface area contributed by atoms with Crippen molar-refractivity contribution in [3.8, 4) is 11.5 Å². The minimum absolute atomic E-state index is 0.196. The molecular formula is C37H41FN2O2. The number of benzene rings is 4. The third-order valence-electron chi connectivity index (χ3n) is 8.66. The number of nitrogens with one attached hydrogen (secondary N) is 1. The smallest absolute Gasteiger partial charge is 0.123 e. The first kappa shape index (κ1) is 28.3. The summed E-state index contributed by atoms with van der Waals surface area (Å²) >= 11 is 0. The number of piperidine rings is 1. The van der Waals surface area contributed by atoms with E-state index in [0.717, 1.165) is 68.1 Å². The number of hydrogen-bond donors (Lipinski definition) is 1. The molecular weight excluding hydrogens is 523 g/mol. The number of nitrogens with zero attached hydrogens (tertiary/aromatic N) is 1. The van der Waals surface area contributed by atoms with Crippen molar-refractivity contribution in [3.05, 3.63) is 125 Å². The first-order valence-electron chi connectivity index (χ1n) is 15.5. The zero-order valence-corrected chi connectivity index (χ0v) is 24.3. The predicted molar refractivity (Wildman–Crippen MR) is 168 cm³/mol. The van der Waals surface area contributed by atoms with Crippen LogP contribution in [0.3, 0.4) is 0 Å². The molecule has 0 spiro atoms. The van der Waals surface area contributed by atoms with E-state index in [9.17, 15) is 4.39 Å². The number of aryl methyl sites for hydroxylation is 1. The van der Waals surface area contributed by atoms with Crippen LogP contribution in [0.15, 0.2) is 97.1 Å². The molecule has 6 rings (SSSR count). The van der Waals surface area contributed by atoms with E-state index in [-0.39, 0.29) is 11.9 Å². The van der Waals surface area contributed by atoms with E-state index in [1.54, 1.807) is 12.1 Å². The van der Waals surface area contributed by atoms with E-state index in [2.05, 4.69) is 64.8 Å². The summed E-state index contributed by atoms with van der Waals surface area (Å²) in [4.78, 5) is 2.43. The Morgan fingerprint density at radius 3 is 2.38 bits per heavy atom. The van der Waals surface area contributed by atoms with Crippen LogP contribution in [0.1, 0.15) is 60.4 Å². The van der Waals surface area contributed by atoms with Crippen molar-refractivity contribution in [1.82, 2.24) is 5.32 Å². The van der Waals surface area contributed by atoms with Gasteiger partial charge in [-0.15, -0.1) is 0 Å². The van der Waals surface area contributed by atoms with Gasteiger partial charge in [0.05, 0.1) is 12.6 Å². The van der Waals surface area contributed by atoms with Crippen molar-refractivity contribution >= 4 is 5.69 Å². The van der Waals surface area contributed by atoms with Crippen molar-refractivity contribution < 1.29 is 13.9 Å². The molecule has 1 fully saturated rings. The molecule has 2 unspecified atom stereocenters. The molecule has 5 heteroatoms. The highest BCUT2D eigenvalue weighted by molar-refractivity contribution is 5.53. The van der Waals surface area contributed by atoms with Gasteiger partial charge in [-0.25, -0.2) is 4.39 Å². The fourth-order valence-electron chi connectivity index (χ4n) is 6.32. The van der Waals surface area contributed by atoms with Gasteiger partial charge in [-0.3, -0.25) is 0 Å². The Bertz CT molecular complexity index is 1400. The largest absolute Gasteiger partial charge is 0.494 e. The summed E-state index contributed by atoms with van der Waals surface area (Å²) < 4.78 is 26.0. The highest BCUT2D eigenvalue weighted by Gasteiger charge is 2.28. The van der Waals surface area contributed by atoms with Gasteiger partial charge in [-0.1, -0.05) is 55.0 Å². The van der Waals surface area contributed by atoms with Crippen LogP contribution in [-0.2, 0) is 19.4 Å². The minimum Gasteiger partial charge on any atom is -0.494 e. The molecule has 4 aromatic carbocycles. The number of halogens is 1. The van der Waals surface area contributed by atoms with Crippen molar-refractivity contribution in [2.45, 2.75) is 63.6 Å². The summed E-state index contributed by atoms with van der Waals surface area (Å²) in [6, 6.07) is 33.1. The molecule has 1 saturated heterocycles. The van der Waals surface area contributed by atoms with Crippen LogP contribution >= 0.6 is 0 Å². The van der Waals surface area contributed by atoms with Crippen LogP contribution in [0.2, 0.25) is 0 Å². The monoisotopic (exact) mass is 564 g/mol. The lowest BCUT2D eigenvalue weighted by Crippen LogP contribution is -2.35. The normalized spacial score (nSPS) is 18.4. The van der Waals surface area contributed by atoms with Crippen LogP contribution < -0.4 is 19.7 Å². The Labute approximate surface area is 249 Å². The molecule has 1 N–H and O–H groups in total. The zero-order chi connectivity index (χ0) is 28.6. The predicted octanol–water partition coefficient (Wildman–Crippen LogP) is 8.05. The van der Waals surface area contributed by atoms with Gasteiger partial charge in [-0.2, -0.15) is 0 Å². The molecule has 4 aromatic rings. The van der Waals surface area contributed by atoms with E-state index < -0.39 is 0 Å². The lowest BCUT2D eigenvalue weighted by molar-refractivity contribution is 0.268. The first-order valence-corrected chi connectivity index (χ1v) is 15.5. The molecule has 2 heterocycles. The first-order chi connectivity index (χ1) is 20.7. The minimum atomic E-state index is -0.203. The summed E-state index contributed by atoms with van der Waals surface area (Å²) in [7, 11) is 0. The Morgan fingerprint density at radius 1 is 0.786 bits per heavy atom. The Kier molecular flexibility index (Phi) is 9.36. The van der Waals surface area contributed by atoms with E-state index in [0.29, 0.717) is 12.6 Å². The third-order valence-corrected chi connectivity index (χ3v) is 8.66. The van der Waals surface area contributed by atoms with Gasteiger partial charge in [0.15, 0.2) is 0 Å². The van der Waals surface area contributed by atoms with Crippen LogP contribution in [0.4, 0.5) is 10.1 Å². The van der Waals surface area contributed by atoms with Gasteiger partial charge in [0.1, 0.15) is 23.9 Å². The number of rotatable bonds is 11. The third kappa shape index (κ3) is 7.32. The van der Waals surface area contributed by atoms with Gasteiger partial charge >= 0.3 is 0 Å². The number of fused-ring (bicyclic) bond motifs is 1. The van der Waals surface area contributed by atoms with Crippen molar-refractivity contribution in [2.24, 2.45) is 0 Å². The Hall–Kier alpha value is -3.83. The Balaban J connectivity index is 1.12. The highest BCUT2D eigenvalue weighted by Crippen LogP contribution is 2.38. The van der Waals surface area contributed by atoms with E-state index in [1.807, 2.05) is 30.3 Å². The molecule has 0 saturated carbocycles. The molecule has 218 valence electrons. The second-order valence-electron chi connectivity index (χ2n) is 11.5. The molecule has 2 atom stereocenters.